The van der Waals surface area contributed by atoms with Crippen LogP contribution in [0.3, 0.4) is 0 Å². The molecule has 0 aliphatic rings. The Morgan fingerprint density at radius 1 is 1.29 bits per heavy atom. The van der Waals surface area contributed by atoms with E-state index in [0.717, 1.165) is 17.7 Å². The van der Waals surface area contributed by atoms with Crippen molar-refractivity contribution in [2.75, 3.05) is 19.1 Å². The summed E-state index contributed by atoms with van der Waals surface area (Å²) in [4.78, 5) is 11.2. The highest BCUT2D eigenvalue weighted by Crippen LogP contribution is 2.13. The van der Waals surface area contributed by atoms with E-state index in [1.54, 1.807) is 6.92 Å². The van der Waals surface area contributed by atoms with Crippen LogP contribution in [0.2, 0.25) is 0 Å². The number of carbonyl (C=O) groups excluding carboxylic acids is 1. The first-order valence-electron chi connectivity index (χ1n) is 5.69. The number of alkyl halides is 1. The van der Waals surface area contributed by atoms with Crippen molar-refractivity contribution in [3.05, 3.63) is 29.8 Å². The van der Waals surface area contributed by atoms with E-state index in [1.807, 2.05) is 24.3 Å². The molecule has 1 aromatic carbocycles. The average Bonchev–Trinajstić information content (AvgIpc) is 2.32. The van der Waals surface area contributed by atoms with Crippen LogP contribution in [0.15, 0.2) is 24.3 Å². The number of hydrogen-bond donors (Lipinski definition) is 0. The molecule has 1 rings (SSSR count). The molecule has 4 heteroatoms. The maximum absolute atomic E-state index is 11.2. The van der Waals surface area contributed by atoms with Gasteiger partial charge in [0.2, 0.25) is 0 Å². The monoisotopic (exact) mass is 256 g/mol. The molecule has 17 heavy (non-hydrogen) atoms. The van der Waals surface area contributed by atoms with E-state index in [1.165, 1.54) is 0 Å². The van der Waals surface area contributed by atoms with Gasteiger partial charge in [-0.15, -0.1) is 11.6 Å². The normalized spacial score (nSPS) is 10.0. The summed E-state index contributed by atoms with van der Waals surface area (Å²) < 4.78 is 10.3. The molecule has 0 N–H and O–H groups in total. The Labute approximate surface area is 107 Å². The lowest BCUT2D eigenvalue weighted by atomic mass is 10.1. The summed E-state index contributed by atoms with van der Waals surface area (Å²) in [5.74, 6) is 1.19. The van der Waals surface area contributed by atoms with Gasteiger partial charge < -0.3 is 9.47 Å². The SMILES string of the molecule is CCOC(=O)Cc1ccc(OCCCCl)cc1. The molecule has 1 aromatic rings. The first-order chi connectivity index (χ1) is 8.26. The summed E-state index contributed by atoms with van der Waals surface area (Å²) in [6.07, 6.45) is 1.13. The van der Waals surface area contributed by atoms with Crippen LogP contribution in [0.25, 0.3) is 0 Å². The zero-order valence-corrected chi connectivity index (χ0v) is 10.7. The van der Waals surface area contributed by atoms with Gasteiger partial charge in [-0.05, 0) is 31.0 Å². The fourth-order valence-electron chi connectivity index (χ4n) is 1.33. The number of halogens is 1. The van der Waals surface area contributed by atoms with Gasteiger partial charge >= 0.3 is 5.97 Å². The van der Waals surface area contributed by atoms with E-state index >= 15 is 0 Å². The number of rotatable bonds is 7. The first-order valence-corrected chi connectivity index (χ1v) is 6.23. The number of hydrogen-bond acceptors (Lipinski definition) is 3. The highest BCUT2D eigenvalue weighted by molar-refractivity contribution is 6.17. The third-order valence-electron chi connectivity index (χ3n) is 2.12. The molecule has 0 unspecified atom stereocenters. The van der Waals surface area contributed by atoms with Gasteiger partial charge in [0.15, 0.2) is 0 Å². The Hall–Kier alpha value is -1.22. The van der Waals surface area contributed by atoms with Crippen LogP contribution in [0.5, 0.6) is 5.75 Å². The summed E-state index contributed by atoms with van der Waals surface area (Å²) in [5.41, 5.74) is 0.924. The second-order valence-electron chi connectivity index (χ2n) is 3.52. The summed E-state index contributed by atoms with van der Waals surface area (Å²) in [6.45, 7) is 2.82. The van der Waals surface area contributed by atoms with Crippen molar-refractivity contribution < 1.29 is 14.3 Å². The average molecular weight is 257 g/mol. The maximum Gasteiger partial charge on any atom is 0.310 e. The Balaban J connectivity index is 2.41. The topological polar surface area (TPSA) is 35.5 Å². The quantitative estimate of drug-likeness (QED) is 0.428. The third kappa shape index (κ3) is 5.59. The van der Waals surface area contributed by atoms with Crippen LogP contribution in [0, 0.1) is 0 Å². The minimum Gasteiger partial charge on any atom is -0.494 e. The smallest absolute Gasteiger partial charge is 0.310 e. The lowest BCUT2D eigenvalue weighted by Crippen LogP contribution is -2.07. The van der Waals surface area contributed by atoms with Gasteiger partial charge in [0.1, 0.15) is 5.75 Å². The molecule has 0 heterocycles. The van der Waals surface area contributed by atoms with Crippen molar-refractivity contribution in [3.8, 4) is 5.75 Å². The molecular formula is C13H17ClO3. The van der Waals surface area contributed by atoms with Gasteiger partial charge in [-0.25, -0.2) is 0 Å². The van der Waals surface area contributed by atoms with Crippen molar-refractivity contribution in [2.45, 2.75) is 19.8 Å². The van der Waals surface area contributed by atoms with Crippen LogP contribution in [-0.4, -0.2) is 25.1 Å². The van der Waals surface area contributed by atoms with Crippen molar-refractivity contribution in [2.24, 2.45) is 0 Å². The second kappa shape index (κ2) is 7.96. The van der Waals surface area contributed by atoms with Gasteiger partial charge in [-0.1, -0.05) is 12.1 Å². The molecule has 0 spiro atoms. The Morgan fingerprint density at radius 2 is 2.00 bits per heavy atom. The molecule has 94 valence electrons. The van der Waals surface area contributed by atoms with Crippen LogP contribution in [0.1, 0.15) is 18.9 Å². The van der Waals surface area contributed by atoms with Gasteiger partial charge in [0.25, 0.3) is 0 Å². The van der Waals surface area contributed by atoms with Crippen molar-refractivity contribution in [1.82, 2.24) is 0 Å². The largest absolute Gasteiger partial charge is 0.494 e. The van der Waals surface area contributed by atoms with E-state index in [0.29, 0.717) is 25.5 Å². The van der Waals surface area contributed by atoms with Crippen LogP contribution in [0.4, 0.5) is 0 Å². The molecule has 0 radical (unpaired) electrons. The molecule has 0 atom stereocenters. The van der Waals surface area contributed by atoms with E-state index in [2.05, 4.69) is 0 Å². The molecule has 0 amide bonds. The molecule has 0 aromatic heterocycles. The lowest BCUT2D eigenvalue weighted by molar-refractivity contribution is -0.142. The van der Waals surface area contributed by atoms with Gasteiger partial charge in [-0.2, -0.15) is 0 Å². The van der Waals surface area contributed by atoms with Crippen LogP contribution < -0.4 is 4.74 Å². The Kier molecular flexibility index (Phi) is 6.48. The minimum atomic E-state index is -0.205. The minimum absolute atomic E-state index is 0.205. The van der Waals surface area contributed by atoms with E-state index in [9.17, 15) is 4.79 Å². The summed E-state index contributed by atoms with van der Waals surface area (Å²) in [6, 6.07) is 7.44. The third-order valence-corrected chi connectivity index (χ3v) is 2.39. The first kappa shape index (κ1) is 13.8. The highest BCUT2D eigenvalue weighted by Gasteiger charge is 2.03. The van der Waals surface area contributed by atoms with Gasteiger partial charge in [-0.3, -0.25) is 4.79 Å². The predicted octanol–water partition coefficient (Wildman–Crippen LogP) is 2.80. The molecule has 0 bridgehead atoms. The van der Waals surface area contributed by atoms with E-state index in [4.69, 9.17) is 21.1 Å². The van der Waals surface area contributed by atoms with Crippen LogP contribution in [-0.2, 0) is 16.0 Å². The summed E-state index contributed by atoms with van der Waals surface area (Å²) in [7, 11) is 0. The summed E-state index contributed by atoms with van der Waals surface area (Å²) >= 11 is 5.55. The van der Waals surface area contributed by atoms with Crippen molar-refractivity contribution in [1.29, 1.82) is 0 Å². The highest BCUT2D eigenvalue weighted by atomic mass is 35.5. The fraction of sp³-hybridized carbons (Fsp3) is 0.462. The molecule has 3 nitrogen and oxygen atoms in total. The fourth-order valence-corrected chi connectivity index (χ4v) is 1.44. The molecule has 0 fully saturated rings. The molecule has 0 aliphatic carbocycles. The van der Waals surface area contributed by atoms with Gasteiger partial charge in [0.05, 0.1) is 19.6 Å². The van der Waals surface area contributed by atoms with Crippen molar-refractivity contribution >= 4 is 17.6 Å². The predicted molar refractivity (Wildman–Crippen MR) is 67.6 cm³/mol. The number of ether oxygens (including phenoxy) is 2. The van der Waals surface area contributed by atoms with Crippen molar-refractivity contribution in [3.63, 3.8) is 0 Å². The standard InChI is InChI=1S/C13H17ClO3/c1-2-16-13(15)10-11-4-6-12(7-5-11)17-9-3-8-14/h4-7H,2-3,8-10H2,1H3. The molecule has 0 aliphatic heterocycles. The molecular weight excluding hydrogens is 240 g/mol. The zero-order chi connectivity index (χ0) is 12.5. The number of carbonyl (C=O) groups is 1. The second-order valence-corrected chi connectivity index (χ2v) is 3.89. The van der Waals surface area contributed by atoms with E-state index < -0.39 is 0 Å². The number of benzene rings is 1. The zero-order valence-electron chi connectivity index (χ0n) is 9.95. The molecule has 0 saturated carbocycles. The number of esters is 1. The maximum atomic E-state index is 11.2. The van der Waals surface area contributed by atoms with E-state index in [-0.39, 0.29) is 5.97 Å². The summed E-state index contributed by atoms with van der Waals surface area (Å²) in [5, 5.41) is 0. The van der Waals surface area contributed by atoms with Crippen LogP contribution >= 0.6 is 11.6 Å². The Bertz CT molecular complexity index is 335. The molecule has 0 saturated heterocycles. The Morgan fingerprint density at radius 3 is 2.59 bits per heavy atom. The lowest BCUT2D eigenvalue weighted by Gasteiger charge is -2.06. The van der Waals surface area contributed by atoms with Gasteiger partial charge in [0, 0.05) is 5.88 Å².